The summed E-state index contributed by atoms with van der Waals surface area (Å²) in [4.78, 5) is 17.2. The third kappa shape index (κ3) is 2.86. The van der Waals surface area contributed by atoms with Gasteiger partial charge in [0.1, 0.15) is 0 Å². The van der Waals surface area contributed by atoms with Crippen LogP contribution in [0, 0.1) is 0 Å². The molecular weight excluding hydrogens is 282 g/mol. The van der Waals surface area contributed by atoms with Gasteiger partial charge in [0.25, 0.3) is 0 Å². The summed E-state index contributed by atoms with van der Waals surface area (Å²) >= 11 is 3.17. The summed E-state index contributed by atoms with van der Waals surface area (Å²) in [6.45, 7) is 1.59. The van der Waals surface area contributed by atoms with Crippen molar-refractivity contribution in [1.29, 1.82) is 0 Å². The molecule has 3 rings (SSSR count). The molecule has 1 unspecified atom stereocenters. The maximum atomic E-state index is 10.7. The van der Waals surface area contributed by atoms with E-state index in [1.807, 2.05) is 17.5 Å². The molecule has 1 atom stereocenters. The van der Waals surface area contributed by atoms with E-state index >= 15 is 0 Å². The van der Waals surface area contributed by atoms with E-state index in [0.29, 0.717) is 5.92 Å². The van der Waals surface area contributed by atoms with Crippen molar-refractivity contribution >= 4 is 28.6 Å². The van der Waals surface area contributed by atoms with E-state index in [9.17, 15) is 4.79 Å². The van der Waals surface area contributed by atoms with Crippen LogP contribution in [-0.2, 0) is 16.0 Å². The predicted octanol–water partition coefficient (Wildman–Crippen LogP) is 3.00. The van der Waals surface area contributed by atoms with Gasteiger partial charge in [-0.1, -0.05) is 0 Å². The van der Waals surface area contributed by atoms with Crippen LogP contribution in [0.3, 0.4) is 0 Å². The van der Waals surface area contributed by atoms with Crippen LogP contribution in [-0.4, -0.2) is 29.3 Å². The zero-order valence-electron chi connectivity index (χ0n) is 10.2. The molecule has 6 heteroatoms. The standard InChI is InChI=1S/C13H13NO3S2/c15-12(16)5-9-1-2-11(19-9)10-7-18-13(14-10)8-3-4-17-6-8/h1-2,7-8H,3-6H2,(H,15,16). The van der Waals surface area contributed by atoms with E-state index in [1.54, 1.807) is 11.3 Å². The minimum absolute atomic E-state index is 0.0815. The van der Waals surface area contributed by atoms with E-state index in [2.05, 4.69) is 4.98 Å². The van der Waals surface area contributed by atoms with E-state index in [-0.39, 0.29) is 6.42 Å². The fourth-order valence-electron chi connectivity index (χ4n) is 2.08. The molecule has 3 heterocycles. The smallest absolute Gasteiger partial charge is 0.308 e. The number of aliphatic carboxylic acids is 1. The topological polar surface area (TPSA) is 59.4 Å². The molecule has 0 aromatic carbocycles. The minimum atomic E-state index is -0.796. The SMILES string of the molecule is O=C(O)Cc1ccc(-c2csc(C3CCOC3)n2)s1. The zero-order valence-corrected chi connectivity index (χ0v) is 11.8. The summed E-state index contributed by atoms with van der Waals surface area (Å²) in [5, 5.41) is 11.9. The molecular formula is C13H13NO3S2. The van der Waals surface area contributed by atoms with Crippen molar-refractivity contribution in [3.8, 4) is 10.6 Å². The van der Waals surface area contributed by atoms with Gasteiger partial charge in [0.05, 0.1) is 28.6 Å². The van der Waals surface area contributed by atoms with Crippen LogP contribution in [0.25, 0.3) is 10.6 Å². The highest BCUT2D eigenvalue weighted by molar-refractivity contribution is 7.16. The largest absolute Gasteiger partial charge is 0.481 e. The van der Waals surface area contributed by atoms with E-state index in [4.69, 9.17) is 9.84 Å². The number of hydrogen-bond donors (Lipinski definition) is 1. The van der Waals surface area contributed by atoms with Crippen molar-refractivity contribution in [2.24, 2.45) is 0 Å². The quantitative estimate of drug-likeness (QED) is 0.942. The van der Waals surface area contributed by atoms with Gasteiger partial charge in [0.2, 0.25) is 0 Å². The molecule has 0 bridgehead atoms. The second-order valence-corrected chi connectivity index (χ2v) is 6.53. The number of hydrogen-bond acceptors (Lipinski definition) is 5. The number of carboxylic acids is 1. The van der Waals surface area contributed by atoms with Crippen LogP contribution < -0.4 is 0 Å². The highest BCUT2D eigenvalue weighted by Crippen LogP contribution is 2.33. The van der Waals surface area contributed by atoms with Crippen LogP contribution in [0.2, 0.25) is 0 Å². The lowest BCUT2D eigenvalue weighted by Gasteiger charge is -2.00. The predicted molar refractivity (Wildman–Crippen MR) is 74.9 cm³/mol. The number of rotatable bonds is 4. The molecule has 2 aromatic heterocycles. The average molecular weight is 295 g/mol. The second-order valence-electron chi connectivity index (χ2n) is 4.47. The lowest BCUT2D eigenvalue weighted by molar-refractivity contribution is -0.136. The summed E-state index contributed by atoms with van der Waals surface area (Å²) in [5.74, 6) is -0.368. The van der Waals surface area contributed by atoms with E-state index < -0.39 is 5.97 Å². The van der Waals surface area contributed by atoms with Crippen LogP contribution >= 0.6 is 22.7 Å². The van der Waals surface area contributed by atoms with Crippen molar-refractivity contribution in [3.63, 3.8) is 0 Å². The van der Waals surface area contributed by atoms with Gasteiger partial charge in [-0.2, -0.15) is 0 Å². The number of carboxylic acid groups (broad SMARTS) is 1. The average Bonchev–Trinajstić information content (AvgIpc) is 3.09. The highest BCUT2D eigenvalue weighted by Gasteiger charge is 2.21. The number of thiophene rings is 1. The van der Waals surface area contributed by atoms with Crippen LogP contribution in [0.1, 0.15) is 22.2 Å². The highest BCUT2D eigenvalue weighted by atomic mass is 32.1. The maximum Gasteiger partial charge on any atom is 0.308 e. The van der Waals surface area contributed by atoms with Crippen molar-refractivity contribution in [2.75, 3.05) is 13.2 Å². The lowest BCUT2D eigenvalue weighted by atomic mass is 10.1. The summed E-state index contributed by atoms with van der Waals surface area (Å²) in [6.07, 6.45) is 1.12. The van der Waals surface area contributed by atoms with Crippen LogP contribution in [0.5, 0.6) is 0 Å². The van der Waals surface area contributed by atoms with Crippen molar-refractivity contribution < 1.29 is 14.6 Å². The molecule has 2 aromatic rings. The summed E-state index contributed by atoms with van der Waals surface area (Å²) in [7, 11) is 0. The summed E-state index contributed by atoms with van der Waals surface area (Å²) in [5.41, 5.74) is 0.952. The molecule has 0 amide bonds. The molecule has 1 saturated heterocycles. The van der Waals surface area contributed by atoms with Gasteiger partial charge in [-0.15, -0.1) is 22.7 Å². The van der Waals surface area contributed by atoms with E-state index in [1.165, 1.54) is 11.3 Å². The molecule has 4 nitrogen and oxygen atoms in total. The molecule has 1 aliphatic heterocycles. The fraction of sp³-hybridized carbons (Fsp3) is 0.385. The number of thiazole rings is 1. The first kappa shape index (κ1) is 12.8. The van der Waals surface area contributed by atoms with Gasteiger partial charge in [-0.05, 0) is 18.6 Å². The molecule has 19 heavy (non-hydrogen) atoms. The second kappa shape index (κ2) is 5.40. The fourth-order valence-corrected chi connectivity index (χ4v) is 4.05. The monoisotopic (exact) mass is 295 g/mol. The van der Waals surface area contributed by atoms with E-state index in [0.717, 1.165) is 40.1 Å². The first-order valence-corrected chi connectivity index (χ1v) is 7.76. The minimum Gasteiger partial charge on any atom is -0.481 e. The number of nitrogens with zero attached hydrogens (tertiary/aromatic N) is 1. The van der Waals surface area contributed by atoms with Crippen LogP contribution in [0.15, 0.2) is 17.5 Å². The normalized spacial score (nSPS) is 18.8. The van der Waals surface area contributed by atoms with Gasteiger partial charge >= 0.3 is 5.97 Å². The van der Waals surface area contributed by atoms with Crippen molar-refractivity contribution in [2.45, 2.75) is 18.8 Å². The molecule has 1 fully saturated rings. The summed E-state index contributed by atoms with van der Waals surface area (Å²) in [6, 6.07) is 3.82. The Balaban J connectivity index is 1.78. The Morgan fingerprint density at radius 2 is 2.42 bits per heavy atom. The first-order valence-electron chi connectivity index (χ1n) is 6.06. The molecule has 0 spiro atoms. The Bertz CT molecular complexity index is 584. The maximum absolute atomic E-state index is 10.7. The molecule has 0 saturated carbocycles. The first-order chi connectivity index (χ1) is 9.22. The Hall–Kier alpha value is -1.24. The lowest BCUT2D eigenvalue weighted by Crippen LogP contribution is -1.97. The van der Waals surface area contributed by atoms with Gasteiger partial charge in [0.15, 0.2) is 0 Å². The van der Waals surface area contributed by atoms with Gasteiger partial charge < -0.3 is 9.84 Å². The summed E-state index contributed by atoms with van der Waals surface area (Å²) < 4.78 is 5.38. The molecule has 100 valence electrons. The van der Waals surface area contributed by atoms with Crippen molar-refractivity contribution in [3.05, 3.63) is 27.4 Å². The number of carbonyl (C=O) groups is 1. The third-order valence-electron chi connectivity index (χ3n) is 3.04. The number of aromatic nitrogens is 1. The van der Waals surface area contributed by atoms with Crippen LogP contribution in [0.4, 0.5) is 0 Å². The van der Waals surface area contributed by atoms with Gasteiger partial charge in [0, 0.05) is 22.8 Å². The van der Waals surface area contributed by atoms with Gasteiger partial charge in [-0.25, -0.2) is 4.98 Å². The Kier molecular flexibility index (Phi) is 3.63. The number of ether oxygens (including phenoxy) is 1. The van der Waals surface area contributed by atoms with Crippen molar-refractivity contribution in [1.82, 2.24) is 4.98 Å². The molecule has 1 aliphatic rings. The third-order valence-corrected chi connectivity index (χ3v) is 5.16. The Labute approximate surface area is 118 Å². The molecule has 1 N–H and O–H groups in total. The zero-order chi connectivity index (χ0) is 13.2. The van der Waals surface area contributed by atoms with Gasteiger partial charge in [-0.3, -0.25) is 4.79 Å². The Morgan fingerprint density at radius 1 is 1.53 bits per heavy atom. The molecule has 0 radical (unpaired) electrons. The molecule has 0 aliphatic carbocycles. The Morgan fingerprint density at radius 3 is 3.16 bits per heavy atom.